The Morgan fingerprint density at radius 2 is 1.25 bits per heavy atom. The van der Waals surface area contributed by atoms with Gasteiger partial charge in [0.15, 0.2) is 0 Å². The Morgan fingerprint density at radius 1 is 1.00 bits per heavy atom. The van der Waals surface area contributed by atoms with Gasteiger partial charge in [-0.05, 0) is 0 Å². The van der Waals surface area contributed by atoms with E-state index in [9.17, 15) is 8.78 Å². The summed E-state index contributed by atoms with van der Waals surface area (Å²) in [5.74, 6) is 0. The third kappa shape index (κ3) is 4.80. The van der Waals surface area contributed by atoms with Gasteiger partial charge < -0.3 is 0 Å². The van der Waals surface area contributed by atoms with E-state index in [4.69, 9.17) is 9.59 Å². The fourth-order valence-corrected chi connectivity index (χ4v) is 0.0655. The Bertz CT molecular complexity index is 96.6. The van der Waals surface area contributed by atoms with Crippen molar-refractivity contribution in [2.24, 2.45) is 0 Å². The van der Waals surface area contributed by atoms with Gasteiger partial charge in [0.1, 0.15) is 0 Å². The maximum atomic E-state index is 10.8. The minimum absolute atomic E-state index is 2.38. The summed E-state index contributed by atoms with van der Waals surface area (Å²) in [5.41, 5.74) is 0. The number of carbonyl (C=O) groups excluding carboxylic acids is 2. The van der Waals surface area contributed by atoms with Crippen LogP contribution < -0.4 is 0 Å². The number of halogens is 2. The molecule has 0 aliphatic rings. The monoisotopic (exact) mass is 126 g/mol. The quantitative estimate of drug-likeness (QED) is 0.277. The van der Waals surface area contributed by atoms with Gasteiger partial charge in [0.25, 0.3) is 0 Å². The van der Waals surface area contributed by atoms with Gasteiger partial charge in [-0.1, -0.05) is 0 Å². The normalized spacial score (nSPS) is 7.75. The van der Waals surface area contributed by atoms with E-state index in [0.717, 1.165) is 0 Å². The first-order chi connectivity index (χ1) is 3.63. The molecule has 4 nitrogen and oxygen atoms in total. The second kappa shape index (κ2) is 2.89. The van der Waals surface area contributed by atoms with Crippen molar-refractivity contribution in [2.75, 3.05) is 0 Å². The first kappa shape index (κ1) is 6.80. The van der Waals surface area contributed by atoms with Gasteiger partial charge in [0.05, 0.1) is 0 Å². The van der Waals surface area contributed by atoms with Crippen LogP contribution >= 0.6 is 0 Å². The molecular formula is C2F2O4. The lowest BCUT2D eigenvalue weighted by molar-refractivity contribution is -0.194. The van der Waals surface area contributed by atoms with Crippen LogP contribution in [0, 0.1) is 0 Å². The highest BCUT2D eigenvalue weighted by Crippen LogP contribution is 1.86. The van der Waals surface area contributed by atoms with E-state index in [1.165, 1.54) is 0 Å². The molecule has 0 N–H and O–H groups in total. The Hall–Kier alpha value is -1.20. The van der Waals surface area contributed by atoms with E-state index in [0.29, 0.717) is 0 Å². The van der Waals surface area contributed by atoms with Crippen molar-refractivity contribution in [1.29, 1.82) is 0 Å². The second-order valence-electron chi connectivity index (χ2n) is 0.642. The van der Waals surface area contributed by atoms with Gasteiger partial charge in [-0.3, -0.25) is 0 Å². The number of hydrogen-bond donors (Lipinski definition) is 0. The summed E-state index contributed by atoms with van der Waals surface area (Å²) in [5, 5.41) is 0. The van der Waals surface area contributed by atoms with Crippen LogP contribution in [0.3, 0.4) is 0 Å². The van der Waals surface area contributed by atoms with Crippen molar-refractivity contribution in [3.63, 3.8) is 0 Å². The van der Waals surface area contributed by atoms with Crippen LogP contribution in [0.25, 0.3) is 0 Å². The van der Waals surface area contributed by atoms with E-state index in [1.54, 1.807) is 0 Å². The van der Waals surface area contributed by atoms with Crippen molar-refractivity contribution >= 4 is 12.4 Å². The van der Waals surface area contributed by atoms with E-state index in [1.807, 2.05) is 0 Å². The van der Waals surface area contributed by atoms with Crippen molar-refractivity contribution in [3.8, 4) is 0 Å². The predicted molar refractivity (Wildman–Crippen MR) is 15.2 cm³/mol. The molecule has 0 aliphatic carbocycles. The third-order valence-corrected chi connectivity index (χ3v) is 0.173. The average molecular weight is 126 g/mol. The molecule has 8 heavy (non-hydrogen) atoms. The molecule has 0 amide bonds. The van der Waals surface area contributed by atoms with E-state index < -0.39 is 12.4 Å². The van der Waals surface area contributed by atoms with Crippen LogP contribution in [0.1, 0.15) is 0 Å². The van der Waals surface area contributed by atoms with Gasteiger partial charge in [-0.25, -0.2) is 19.4 Å². The minimum Gasteiger partial charge on any atom is -0.207 e. The van der Waals surface area contributed by atoms with Crippen molar-refractivity contribution in [1.82, 2.24) is 0 Å². The zero-order valence-corrected chi connectivity index (χ0v) is 3.39. The molecule has 0 aromatic heterocycles. The minimum atomic E-state index is -2.38. The van der Waals surface area contributed by atoms with Crippen LogP contribution in [0.15, 0.2) is 0 Å². The Balaban J connectivity index is 3.18. The van der Waals surface area contributed by atoms with Gasteiger partial charge >= 0.3 is 12.4 Å². The lowest BCUT2D eigenvalue weighted by atomic mass is 11.5. The Morgan fingerprint density at radius 3 is 1.38 bits per heavy atom. The summed E-state index contributed by atoms with van der Waals surface area (Å²) in [6, 6.07) is 0. The molecule has 0 heterocycles. The van der Waals surface area contributed by atoms with Crippen LogP contribution in [-0.4, -0.2) is 12.4 Å². The molecule has 46 valence electrons. The Labute approximate surface area is 41.9 Å². The van der Waals surface area contributed by atoms with E-state index in [2.05, 4.69) is 9.78 Å². The molecule has 0 aliphatic heterocycles. The van der Waals surface area contributed by atoms with Crippen molar-refractivity contribution < 1.29 is 28.1 Å². The molecule has 6 heteroatoms. The second-order valence-corrected chi connectivity index (χ2v) is 0.642. The molecule has 0 unspecified atom stereocenters. The third-order valence-electron chi connectivity index (χ3n) is 0.173. The smallest absolute Gasteiger partial charge is 0.207 e. The molecule has 0 saturated heterocycles. The molecule has 0 atom stereocenters. The summed E-state index contributed by atoms with van der Waals surface area (Å²) in [6.45, 7) is 0. The maximum absolute atomic E-state index is 10.8. The van der Waals surface area contributed by atoms with Crippen molar-refractivity contribution in [3.05, 3.63) is 0 Å². The zero-order valence-electron chi connectivity index (χ0n) is 3.39. The number of hydrogen-bond acceptors (Lipinski definition) is 4. The topological polar surface area (TPSA) is 52.6 Å². The lowest BCUT2D eigenvalue weighted by Crippen LogP contribution is -1.99. The molecule has 0 bridgehead atoms. The van der Waals surface area contributed by atoms with E-state index >= 15 is 0 Å². The summed E-state index contributed by atoms with van der Waals surface area (Å²) in [7, 11) is 0. The number of carbonyl (C=O) groups is 2. The first-order valence-electron chi connectivity index (χ1n) is 1.36. The standard InChI is InChI=1S/C2F2O4/c3-1(5)7-8-2(4)6. The summed E-state index contributed by atoms with van der Waals surface area (Å²) in [6.07, 6.45) is -4.76. The molecule has 0 radical (unpaired) electrons. The largest absolute Gasteiger partial charge is 0.536 e. The molecule has 0 aromatic rings. The summed E-state index contributed by atoms with van der Waals surface area (Å²) >= 11 is 0. The molecule has 0 spiro atoms. The fraction of sp³-hybridized carbons (Fsp3) is 0. The molecule has 0 fully saturated rings. The molecule has 0 aromatic carbocycles. The number of rotatable bonds is 0. The van der Waals surface area contributed by atoms with Crippen LogP contribution in [-0.2, 0) is 9.78 Å². The predicted octanol–water partition coefficient (Wildman–Crippen LogP) is 1.11. The van der Waals surface area contributed by atoms with Crippen molar-refractivity contribution in [2.45, 2.75) is 0 Å². The first-order valence-corrected chi connectivity index (χ1v) is 1.36. The maximum Gasteiger partial charge on any atom is 0.536 e. The SMILES string of the molecule is O=C(F)OOC(=O)F. The average Bonchev–Trinajstić information content (AvgIpc) is 1.61. The highest BCUT2D eigenvalue weighted by Gasteiger charge is 2.04. The van der Waals surface area contributed by atoms with Crippen LogP contribution in [0.2, 0.25) is 0 Å². The fourth-order valence-electron chi connectivity index (χ4n) is 0.0655. The molecule has 0 saturated carbocycles. The summed E-state index contributed by atoms with van der Waals surface area (Å²) in [4.78, 5) is 23.6. The van der Waals surface area contributed by atoms with Gasteiger partial charge in [0, 0.05) is 0 Å². The highest BCUT2D eigenvalue weighted by molar-refractivity contribution is 5.61. The lowest BCUT2D eigenvalue weighted by Gasteiger charge is -1.86. The molecule has 0 rings (SSSR count). The Kier molecular flexibility index (Phi) is 2.46. The van der Waals surface area contributed by atoms with Crippen LogP contribution in [0.4, 0.5) is 18.4 Å². The van der Waals surface area contributed by atoms with Crippen LogP contribution in [0.5, 0.6) is 0 Å². The van der Waals surface area contributed by atoms with Gasteiger partial charge in [-0.2, -0.15) is 0 Å². The summed E-state index contributed by atoms with van der Waals surface area (Å²) < 4.78 is 21.5. The highest BCUT2D eigenvalue weighted by atomic mass is 19.2. The molecular weight excluding hydrogens is 126 g/mol. The van der Waals surface area contributed by atoms with Gasteiger partial charge in [-0.15, -0.1) is 8.78 Å². The zero-order chi connectivity index (χ0) is 6.57. The van der Waals surface area contributed by atoms with E-state index in [-0.39, 0.29) is 0 Å². The van der Waals surface area contributed by atoms with Gasteiger partial charge in [0.2, 0.25) is 0 Å².